The molecule has 1 aromatic heterocycles. The molecule has 3 rings (SSSR count). The van der Waals surface area contributed by atoms with Gasteiger partial charge in [-0.1, -0.05) is 49.2 Å². The van der Waals surface area contributed by atoms with E-state index in [0.717, 1.165) is 10.2 Å². The zero-order valence-corrected chi connectivity index (χ0v) is 18.2. The van der Waals surface area contributed by atoms with Crippen LogP contribution in [0.3, 0.4) is 0 Å². The highest BCUT2D eigenvalue weighted by Gasteiger charge is 2.19. The second-order valence-electron chi connectivity index (χ2n) is 6.73. The molecule has 0 aliphatic rings. The third-order valence-electron chi connectivity index (χ3n) is 4.32. The fourth-order valence-electron chi connectivity index (χ4n) is 2.58. The first-order chi connectivity index (χ1) is 13.6. The molecule has 0 aliphatic heterocycles. The Kier molecular flexibility index (Phi) is 6.03. The summed E-state index contributed by atoms with van der Waals surface area (Å²) < 4.78 is 31.8. The highest BCUT2D eigenvalue weighted by atomic mass is 35.5. The Morgan fingerprint density at radius 2 is 1.72 bits per heavy atom. The smallest absolute Gasteiger partial charge is 0.339 e. The lowest BCUT2D eigenvalue weighted by molar-refractivity contribution is 0.483. The van der Waals surface area contributed by atoms with Gasteiger partial charge in [0.15, 0.2) is 0 Å². The quantitative estimate of drug-likeness (QED) is 0.522. The third-order valence-corrected chi connectivity index (χ3v) is 6.32. The first kappa shape index (κ1) is 21.4. The largest absolute Gasteiger partial charge is 0.379 e. The molecular weight excluding hydrogens is 435 g/mol. The molecule has 152 valence electrons. The van der Waals surface area contributed by atoms with Crippen molar-refractivity contribution in [3.8, 4) is 11.4 Å². The number of hydrogen-bond donors (Lipinski definition) is 0. The van der Waals surface area contributed by atoms with Crippen molar-refractivity contribution in [2.75, 3.05) is 0 Å². The minimum Gasteiger partial charge on any atom is -0.379 e. The lowest BCUT2D eigenvalue weighted by Crippen LogP contribution is -2.21. The molecule has 9 heteroatoms. The van der Waals surface area contributed by atoms with Crippen LogP contribution in [0.2, 0.25) is 10.0 Å². The Morgan fingerprint density at radius 3 is 2.34 bits per heavy atom. The summed E-state index contributed by atoms with van der Waals surface area (Å²) in [5.41, 5.74) is 1.42. The van der Waals surface area contributed by atoms with Crippen molar-refractivity contribution in [3.05, 3.63) is 80.2 Å². The molecule has 0 saturated carbocycles. The summed E-state index contributed by atoms with van der Waals surface area (Å²) in [5, 5.41) is 3.79. The molecule has 29 heavy (non-hydrogen) atoms. The molecular formula is C20H18Cl2N2O4S. The maximum absolute atomic E-state index is 12.7. The maximum Gasteiger partial charge on any atom is 0.339 e. The summed E-state index contributed by atoms with van der Waals surface area (Å²) in [6.07, 6.45) is 1.24. The average Bonchev–Trinajstić information content (AvgIpc) is 2.68. The molecule has 0 unspecified atom stereocenters. The second-order valence-corrected chi connectivity index (χ2v) is 9.07. The Balaban J connectivity index is 1.93. The number of hydrogen-bond acceptors (Lipinski definition) is 5. The first-order valence-electron chi connectivity index (χ1n) is 8.69. The molecule has 0 bridgehead atoms. The van der Waals surface area contributed by atoms with Crippen LogP contribution in [0.15, 0.2) is 58.4 Å². The minimum atomic E-state index is -4.06. The minimum absolute atomic E-state index is 0.0412. The third kappa shape index (κ3) is 4.47. The lowest BCUT2D eigenvalue weighted by atomic mass is 10.0. The van der Waals surface area contributed by atoms with E-state index in [1.54, 1.807) is 13.0 Å². The van der Waals surface area contributed by atoms with E-state index in [9.17, 15) is 13.2 Å². The number of aryl methyl sites for hydroxylation is 1. The van der Waals surface area contributed by atoms with Gasteiger partial charge in [0.2, 0.25) is 0 Å². The topological polar surface area (TPSA) is 78.3 Å². The van der Waals surface area contributed by atoms with E-state index in [0.29, 0.717) is 11.3 Å². The summed E-state index contributed by atoms with van der Waals surface area (Å²) in [5.74, 6) is 0.514. The van der Waals surface area contributed by atoms with Crippen molar-refractivity contribution in [2.45, 2.75) is 31.6 Å². The zero-order valence-electron chi connectivity index (χ0n) is 15.9. The number of nitrogens with zero attached hydrogens (tertiary/aromatic N) is 2. The normalized spacial score (nSPS) is 11.7. The Morgan fingerprint density at radius 1 is 1.07 bits per heavy atom. The van der Waals surface area contributed by atoms with E-state index in [1.165, 1.54) is 30.5 Å². The van der Waals surface area contributed by atoms with Gasteiger partial charge in [0, 0.05) is 0 Å². The molecule has 3 aromatic rings. The average molecular weight is 453 g/mol. The number of rotatable bonds is 5. The Labute approximate surface area is 178 Å². The number of benzene rings is 2. The first-order valence-corrected chi connectivity index (χ1v) is 10.9. The van der Waals surface area contributed by atoms with Crippen LogP contribution < -0.4 is 9.74 Å². The molecule has 6 nitrogen and oxygen atoms in total. The standard InChI is InChI=1S/C20H18Cl2N2O4S/c1-12(2)14-5-4-13(3)18(10-14)28-29(26,27)16-8-6-15(7-9-16)24-20(25)19(22)17(21)11-23-24/h4-12H,1-3H3. The van der Waals surface area contributed by atoms with E-state index < -0.39 is 15.7 Å². The van der Waals surface area contributed by atoms with E-state index in [-0.39, 0.29) is 26.6 Å². The fourth-order valence-corrected chi connectivity index (χ4v) is 3.82. The summed E-state index contributed by atoms with van der Waals surface area (Å²) in [4.78, 5) is 12.1. The maximum atomic E-state index is 12.7. The van der Waals surface area contributed by atoms with Crippen LogP contribution in [0.25, 0.3) is 5.69 Å². The summed E-state index contributed by atoms with van der Waals surface area (Å²) in [6.45, 7) is 5.81. The molecule has 1 heterocycles. The molecule has 2 aromatic carbocycles. The Bertz CT molecular complexity index is 1220. The van der Waals surface area contributed by atoms with Crippen LogP contribution in [0.1, 0.15) is 30.9 Å². The van der Waals surface area contributed by atoms with E-state index in [2.05, 4.69) is 5.10 Å². The number of aromatic nitrogens is 2. The molecule has 0 fully saturated rings. The predicted octanol–water partition coefficient (Wildman–Crippen LogP) is 4.74. The molecule has 0 spiro atoms. The predicted molar refractivity (Wildman–Crippen MR) is 113 cm³/mol. The van der Waals surface area contributed by atoms with Crippen molar-refractivity contribution in [3.63, 3.8) is 0 Å². The van der Waals surface area contributed by atoms with E-state index in [4.69, 9.17) is 27.4 Å². The fraction of sp³-hybridized carbons (Fsp3) is 0.200. The molecule has 0 saturated heterocycles. The number of halogens is 2. The molecule has 0 aliphatic carbocycles. The van der Waals surface area contributed by atoms with Crippen LogP contribution in [-0.4, -0.2) is 18.2 Å². The van der Waals surface area contributed by atoms with Gasteiger partial charge in [-0.15, -0.1) is 0 Å². The van der Waals surface area contributed by atoms with Gasteiger partial charge < -0.3 is 4.18 Å². The molecule has 0 radical (unpaired) electrons. The zero-order chi connectivity index (χ0) is 21.3. The molecule has 0 N–H and O–H groups in total. The van der Waals surface area contributed by atoms with Crippen molar-refractivity contribution in [2.24, 2.45) is 0 Å². The van der Waals surface area contributed by atoms with Gasteiger partial charge in [0.1, 0.15) is 15.7 Å². The van der Waals surface area contributed by atoms with Crippen molar-refractivity contribution < 1.29 is 12.6 Å². The van der Waals surface area contributed by atoms with Gasteiger partial charge in [-0.3, -0.25) is 4.79 Å². The van der Waals surface area contributed by atoms with Gasteiger partial charge in [-0.25, -0.2) is 0 Å². The summed E-state index contributed by atoms with van der Waals surface area (Å²) in [7, 11) is -4.06. The van der Waals surface area contributed by atoms with Crippen LogP contribution in [0.5, 0.6) is 5.75 Å². The van der Waals surface area contributed by atoms with Gasteiger partial charge in [-0.2, -0.15) is 18.2 Å². The van der Waals surface area contributed by atoms with Crippen LogP contribution in [0, 0.1) is 6.92 Å². The van der Waals surface area contributed by atoms with E-state index in [1.807, 2.05) is 26.0 Å². The van der Waals surface area contributed by atoms with Crippen LogP contribution in [-0.2, 0) is 10.1 Å². The summed E-state index contributed by atoms with van der Waals surface area (Å²) >= 11 is 11.6. The highest BCUT2D eigenvalue weighted by molar-refractivity contribution is 7.87. The summed E-state index contributed by atoms with van der Waals surface area (Å²) in [6, 6.07) is 11.0. The van der Waals surface area contributed by atoms with Crippen LogP contribution in [0.4, 0.5) is 0 Å². The highest BCUT2D eigenvalue weighted by Crippen LogP contribution is 2.27. The van der Waals surface area contributed by atoms with Gasteiger partial charge in [-0.05, 0) is 54.3 Å². The van der Waals surface area contributed by atoms with E-state index >= 15 is 0 Å². The Hall–Kier alpha value is -2.35. The van der Waals surface area contributed by atoms with Gasteiger partial charge >= 0.3 is 10.1 Å². The van der Waals surface area contributed by atoms with Crippen molar-refractivity contribution in [1.82, 2.24) is 9.78 Å². The molecule has 0 amide bonds. The molecule has 0 atom stereocenters. The second kappa shape index (κ2) is 8.18. The van der Waals surface area contributed by atoms with Crippen molar-refractivity contribution in [1.29, 1.82) is 0 Å². The van der Waals surface area contributed by atoms with Gasteiger partial charge in [0.05, 0.1) is 16.9 Å². The lowest BCUT2D eigenvalue weighted by Gasteiger charge is -2.13. The monoisotopic (exact) mass is 452 g/mol. The van der Waals surface area contributed by atoms with Crippen LogP contribution >= 0.6 is 23.2 Å². The van der Waals surface area contributed by atoms with Crippen molar-refractivity contribution >= 4 is 33.3 Å². The van der Waals surface area contributed by atoms with Gasteiger partial charge in [0.25, 0.3) is 5.56 Å². The SMILES string of the molecule is Cc1ccc(C(C)C)cc1OS(=O)(=O)c1ccc(-n2ncc(Cl)c(Cl)c2=O)cc1.